The van der Waals surface area contributed by atoms with Gasteiger partial charge < -0.3 is 98.2 Å². The summed E-state index contributed by atoms with van der Waals surface area (Å²) in [5.74, 6) is -13.5. The molecule has 17 bridgehead atoms. The van der Waals surface area contributed by atoms with Crippen LogP contribution in [0.15, 0.2) is 133 Å². The second-order valence-corrected chi connectivity index (χ2v) is 25.0. The average Bonchev–Trinajstić information content (AvgIpc) is 0.758. The number of benzene rings is 8. The predicted octanol–water partition coefficient (Wildman–Crippen LogP) is 7.28. The van der Waals surface area contributed by atoms with Crippen LogP contribution >= 0.6 is 23.2 Å². The largest absolute Gasteiger partial charge is 0.508 e. The minimum Gasteiger partial charge on any atom is -0.508 e. The molecule has 0 aliphatic carbocycles. The number of phenols is 6. The molecule has 0 spiro atoms. The van der Waals surface area contributed by atoms with E-state index in [0.717, 1.165) is 66.8 Å². The zero-order valence-electron chi connectivity index (χ0n) is 52.6. The van der Waals surface area contributed by atoms with Crippen molar-refractivity contribution in [2.24, 2.45) is 5.73 Å². The van der Waals surface area contributed by atoms with Crippen LogP contribution in [0.2, 0.25) is 10.0 Å². The van der Waals surface area contributed by atoms with Crippen LogP contribution in [0.5, 0.6) is 69.0 Å². The molecule has 0 unspecified atom stereocenters. The summed E-state index contributed by atoms with van der Waals surface area (Å²) < 4.78 is 18.6. The third-order valence-electron chi connectivity index (χ3n) is 17.5. The van der Waals surface area contributed by atoms with E-state index in [1.165, 1.54) is 79.8 Å². The summed E-state index contributed by atoms with van der Waals surface area (Å²) in [6, 6.07) is 16.4. The molecule has 8 atom stereocenters. The van der Waals surface area contributed by atoms with E-state index in [0.29, 0.717) is 5.56 Å². The highest BCUT2D eigenvalue weighted by atomic mass is 35.5. The van der Waals surface area contributed by atoms with Crippen molar-refractivity contribution in [3.63, 3.8) is 0 Å². The lowest BCUT2D eigenvalue weighted by molar-refractivity contribution is -0.137. The fourth-order valence-corrected chi connectivity index (χ4v) is 12.6. The van der Waals surface area contributed by atoms with Crippen LogP contribution in [0.4, 0.5) is 0 Å². The van der Waals surface area contributed by atoms with E-state index in [1.54, 1.807) is 0 Å². The minimum absolute atomic E-state index is 0.120. The van der Waals surface area contributed by atoms with Crippen molar-refractivity contribution in [3.05, 3.63) is 199 Å². The molecule has 0 fully saturated rings. The molecule has 8 aromatic carbocycles. The zero-order valence-corrected chi connectivity index (χ0v) is 54.1. The van der Waals surface area contributed by atoms with Crippen molar-refractivity contribution in [1.82, 2.24) is 42.5 Å². The molecule has 7 amide bonds. The van der Waals surface area contributed by atoms with Crippen molar-refractivity contribution in [3.8, 4) is 80.1 Å². The lowest BCUT2D eigenvalue weighted by atomic mass is 9.87. The van der Waals surface area contributed by atoms with Gasteiger partial charge in [0, 0.05) is 43.8 Å². The number of hydrogen-bond acceptors (Lipinski definition) is 19. The number of hydrogen-bond donors (Lipinski definition) is 16. The third-order valence-corrected chi connectivity index (χ3v) is 18.1. The number of aliphatic hydroxyl groups is 1. The minimum atomic E-state index is -2.17. The Morgan fingerprint density at radius 3 is 1.83 bits per heavy atom. The van der Waals surface area contributed by atoms with E-state index in [2.05, 4.69) is 49.5 Å². The number of rotatable bonds is 8. The Hall–Kier alpha value is -11.3. The van der Waals surface area contributed by atoms with E-state index in [-0.39, 0.29) is 103 Å². The number of nitrogens with two attached hydrogens (primary N) is 1. The molecular formula is C71H65Cl2N9O17. The quantitative estimate of drug-likeness (QED) is 0.0710. The molecule has 6 aliphatic heterocycles. The van der Waals surface area contributed by atoms with Crippen molar-refractivity contribution >= 4 is 64.6 Å². The van der Waals surface area contributed by atoms with E-state index < -0.39 is 136 Å². The van der Waals surface area contributed by atoms with Gasteiger partial charge in [-0.15, -0.1) is 0 Å². The number of carbonyl (C=O) groups is 7. The number of unbranched alkanes of at least 4 members (excludes halogenated alkanes) is 1. The van der Waals surface area contributed by atoms with Crippen molar-refractivity contribution < 1.29 is 83.5 Å². The van der Waals surface area contributed by atoms with Gasteiger partial charge in [-0.2, -0.15) is 0 Å². The summed E-state index contributed by atoms with van der Waals surface area (Å²) in [6.45, 7) is 2.11. The van der Waals surface area contributed by atoms with Gasteiger partial charge in [0.05, 0.1) is 15.6 Å². The molecular weight excluding hydrogens is 1320 g/mol. The van der Waals surface area contributed by atoms with E-state index in [1.807, 2.05) is 24.3 Å². The van der Waals surface area contributed by atoms with Crippen LogP contribution in [0.3, 0.4) is 0 Å². The van der Waals surface area contributed by atoms with Gasteiger partial charge in [-0.05, 0) is 142 Å². The zero-order chi connectivity index (χ0) is 70.2. The second-order valence-electron chi connectivity index (χ2n) is 24.2. The topological polar surface area (TPSA) is 411 Å². The summed E-state index contributed by atoms with van der Waals surface area (Å²) in [6.07, 6.45) is 0.481. The van der Waals surface area contributed by atoms with Gasteiger partial charge >= 0.3 is 0 Å². The normalized spacial score (nSPS) is 20.5. The number of aryl methyl sites for hydroxylation is 1. The third kappa shape index (κ3) is 14.0. The Balaban J connectivity index is 1.04. The molecule has 0 aromatic heterocycles. The van der Waals surface area contributed by atoms with Gasteiger partial charge in [0.1, 0.15) is 88.6 Å². The maximum Gasteiger partial charge on any atom is 0.248 e. The molecule has 510 valence electrons. The number of fused-ring (bicyclic) bond motifs is 14. The Morgan fingerprint density at radius 2 is 1.15 bits per heavy atom. The number of ether oxygens (including phenoxy) is 3. The maximum absolute atomic E-state index is 16.0. The van der Waals surface area contributed by atoms with Gasteiger partial charge in [0.25, 0.3) is 0 Å². The summed E-state index contributed by atoms with van der Waals surface area (Å²) in [5.41, 5.74) is 6.86. The van der Waals surface area contributed by atoms with E-state index >= 15 is 24.0 Å². The smallest absolute Gasteiger partial charge is 0.248 e. The van der Waals surface area contributed by atoms with Gasteiger partial charge in [0.2, 0.25) is 47.1 Å². The fourth-order valence-electron chi connectivity index (χ4n) is 12.2. The van der Waals surface area contributed by atoms with Crippen molar-refractivity contribution in [1.29, 1.82) is 0 Å². The number of likely N-dealkylation sites (N-methyl/N-ethyl adjacent to an activating group) is 1. The SMILES string of the molecule is CCCCc1ccc(CNCc2c(O)cc3c(c2O)-c2cc(ccc2O)[C@H]2NC(=O)[C@@H]4NC(=O)[C@H]5NC(=O)[C@@H](Cc6ccc(c(Cl)c6)Oc6cc4cc(c6O)Oc4ccc(cc4Cl)[C@@H](O)[C@H](NC2=O)C(=O)N[C@@H]3C(=O)NC)NC(=O)[C@@H](N)c2ccc(O)c(c2)Oc2cc(O)cc5c2)cc1. The number of nitrogens with one attached hydrogen (secondary N) is 8. The summed E-state index contributed by atoms with van der Waals surface area (Å²) in [7, 11) is 1.24. The first-order chi connectivity index (χ1) is 47.4. The lowest BCUT2D eigenvalue weighted by Crippen LogP contribution is -2.55. The fraction of sp³-hybridized carbons (Fsp3) is 0.225. The monoisotopic (exact) mass is 1390 g/mol. The first-order valence-electron chi connectivity index (χ1n) is 31.3. The number of aliphatic hydroxyl groups excluding tert-OH is 1. The number of halogens is 2. The Labute approximate surface area is 574 Å². The molecule has 0 radical (unpaired) electrons. The van der Waals surface area contributed by atoms with Crippen LogP contribution in [-0.4, -0.2) is 96.2 Å². The summed E-state index contributed by atoms with van der Waals surface area (Å²) in [5, 5.41) is 104. The van der Waals surface area contributed by atoms with Crippen molar-refractivity contribution in [2.45, 2.75) is 94.1 Å². The molecule has 8 aromatic rings. The molecule has 6 heterocycles. The van der Waals surface area contributed by atoms with Crippen LogP contribution in [0.1, 0.15) is 112 Å². The molecule has 0 saturated heterocycles. The Kier molecular flexibility index (Phi) is 19.2. The number of carbonyl (C=O) groups excluding carboxylic acids is 7. The lowest BCUT2D eigenvalue weighted by Gasteiger charge is -2.31. The van der Waals surface area contributed by atoms with Gasteiger partial charge in [-0.1, -0.05) is 85.1 Å². The van der Waals surface area contributed by atoms with Crippen LogP contribution in [0, 0.1) is 0 Å². The highest BCUT2D eigenvalue weighted by Crippen LogP contribution is 2.49. The molecule has 99 heavy (non-hydrogen) atoms. The highest BCUT2D eigenvalue weighted by molar-refractivity contribution is 6.32. The molecule has 28 heteroatoms. The number of amides is 7. The molecule has 0 saturated carbocycles. The Morgan fingerprint density at radius 1 is 0.545 bits per heavy atom. The van der Waals surface area contributed by atoms with Gasteiger partial charge in [-0.3, -0.25) is 33.6 Å². The van der Waals surface area contributed by atoms with Crippen molar-refractivity contribution in [2.75, 3.05) is 7.05 Å². The molecule has 17 N–H and O–H groups in total. The number of aromatic hydroxyl groups is 6. The molecule has 26 nitrogen and oxygen atoms in total. The second kappa shape index (κ2) is 28.0. The van der Waals surface area contributed by atoms with Crippen LogP contribution in [-0.2, 0) is 59.5 Å². The summed E-state index contributed by atoms with van der Waals surface area (Å²) in [4.78, 5) is 106. The van der Waals surface area contributed by atoms with E-state index in [4.69, 9.17) is 43.1 Å². The maximum atomic E-state index is 16.0. The van der Waals surface area contributed by atoms with E-state index in [9.17, 15) is 45.3 Å². The molecule has 6 aliphatic rings. The highest BCUT2D eigenvalue weighted by Gasteiger charge is 2.42. The van der Waals surface area contributed by atoms with Gasteiger partial charge in [0.15, 0.2) is 23.0 Å². The van der Waals surface area contributed by atoms with Crippen LogP contribution in [0.25, 0.3) is 11.1 Å². The standard InChI is InChI=1S/C71H65Cl2N9O17/c1-3-4-5-31-6-8-32(9-7-31)29-76-30-43-49(86)28-42-55(63(43)88)41-22-35(12-14-47(41)84)57-68(93)82-61(71(96)81-60(42)67(92)75-2)62(87)36-13-17-51(45(73)23-36)99-54-26-38-25-53(64(54)89)98-50-16-10-33(18-44(50)72)19-46-65(90)78-58(69(94)80-59(38)70(95)79-57)37-20-39(83)27-40(21-37)97-52-24-34(11-15-48(52)85)56(74)66(91)77-46/h6-18,20-28,46,56-62,76,83-89H,3-5,19,29-30,74H2,1-2H3,(H,75,92)(H,77,91)(H,78,90)(H,79,95)(H,80,94)(H,81,96)(H,82,93)/t46-,56+,57-,58+,59-,60+,61+,62-/m1/s1. The summed E-state index contributed by atoms with van der Waals surface area (Å²) >= 11 is 13.9. The Bertz CT molecular complexity index is 4610. The molecule has 14 rings (SSSR count). The predicted molar refractivity (Wildman–Crippen MR) is 357 cm³/mol. The first-order valence-corrected chi connectivity index (χ1v) is 32.0. The first kappa shape index (κ1) is 67.7. The average molecular weight is 1390 g/mol. The number of phenolic OH excluding ortho intramolecular Hbond substituents is 6. The van der Waals surface area contributed by atoms with Crippen LogP contribution < -0.4 is 62.5 Å². The van der Waals surface area contributed by atoms with Gasteiger partial charge in [-0.25, -0.2) is 0 Å².